The van der Waals surface area contributed by atoms with Gasteiger partial charge in [0.25, 0.3) is 0 Å². The number of anilines is 1. The normalized spacial score (nSPS) is 10.5. The molecule has 8 nitrogen and oxygen atoms in total. The van der Waals surface area contributed by atoms with Gasteiger partial charge >= 0.3 is 0 Å². The van der Waals surface area contributed by atoms with E-state index in [4.69, 9.17) is 9.47 Å². The Kier molecular flexibility index (Phi) is 5.92. The van der Waals surface area contributed by atoms with Gasteiger partial charge in [-0.05, 0) is 24.3 Å². The van der Waals surface area contributed by atoms with Gasteiger partial charge in [-0.25, -0.2) is 0 Å². The minimum Gasteiger partial charge on any atom is -0.497 e. The van der Waals surface area contributed by atoms with Crippen LogP contribution in [0.2, 0.25) is 0 Å². The largest absolute Gasteiger partial charge is 0.497 e. The molecule has 0 atom stereocenters. The molecule has 0 aliphatic carbocycles. The van der Waals surface area contributed by atoms with Crippen molar-refractivity contribution in [1.82, 2.24) is 19.7 Å². The molecule has 3 aromatic rings. The van der Waals surface area contributed by atoms with Crippen LogP contribution in [0.3, 0.4) is 0 Å². The van der Waals surface area contributed by atoms with Gasteiger partial charge in [0, 0.05) is 19.3 Å². The van der Waals surface area contributed by atoms with Gasteiger partial charge in [0.1, 0.15) is 17.2 Å². The maximum atomic E-state index is 12.3. The van der Waals surface area contributed by atoms with Crippen LogP contribution >= 0.6 is 11.8 Å². The number of nitrogens with one attached hydrogen (secondary N) is 1. The van der Waals surface area contributed by atoms with Crippen LogP contribution in [0.1, 0.15) is 0 Å². The van der Waals surface area contributed by atoms with E-state index >= 15 is 0 Å². The highest BCUT2D eigenvalue weighted by Gasteiger charge is 2.14. The number of ether oxygens (including phenoxy) is 2. The third kappa shape index (κ3) is 4.37. The van der Waals surface area contributed by atoms with Crippen molar-refractivity contribution in [3.05, 3.63) is 42.6 Å². The second-order valence-corrected chi connectivity index (χ2v) is 6.43. The highest BCUT2D eigenvalue weighted by molar-refractivity contribution is 7.99. The highest BCUT2D eigenvalue weighted by Crippen LogP contribution is 2.29. The average Bonchev–Trinajstić information content (AvgIpc) is 3.07. The van der Waals surface area contributed by atoms with Crippen LogP contribution < -0.4 is 14.8 Å². The van der Waals surface area contributed by atoms with Gasteiger partial charge in [-0.15, -0.1) is 10.2 Å². The van der Waals surface area contributed by atoms with Gasteiger partial charge in [0.15, 0.2) is 11.0 Å². The number of nitrogens with zero attached hydrogens (tertiary/aromatic N) is 4. The Morgan fingerprint density at radius 2 is 2.04 bits per heavy atom. The average molecular weight is 385 g/mol. The van der Waals surface area contributed by atoms with E-state index in [9.17, 15) is 4.79 Å². The van der Waals surface area contributed by atoms with Gasteiger partial charge < -0.3 is 19.4 Å². The monoisotopic (exact) mass is 385 g/mol. The zero-order valence-corrected chi connectivity index (χ0v) is 16.0. The summed E-state index contributed by atoms with van der Waals surface area (Å²) in [5.41, 5.74) is 1.31. The molecule has 140 valence electrons. The number of amides is 1. The van der Waals surface area contributed by atoms with E-state index in [0.29, 0.717) is 28.2 Å². The maximum Gasteiger partial charge on any atom is 0.234 e. The Bertz CT molecular complexity index is 930. The molecular weight excluding hydrogens is 366 g/mol. The molecule has 0 unspecified atom stereocenters. The van der Waals surface area contributed by atoms with E-state index in [0.717, 1.165) is 5.69 Å². The number of pyridine rings is 1. The van der Waals surface area contributed by atoms with Gasteiger partial charge in [0.2, 0.25) is 5.91 Å². The van der Waals surface area contributed by atoms with Gasteiger partial charge in [-0.2, -0.15) is 0 Å². The number of hydrogen-bond donors (Lipinski definition) is 1. The third-order valence-corrected chi connectivity index (χ3v) is 4.76. The summed E-state index contributed by atoms with van der Waals surface area (Å²) in [5.74, 6) is 1.84. The number of rotatable bonds is 7. The fourth-order valence-corrected chi connectivity index (χ4v) is 3.09. The van der Waals surface area contributed by atoms with Crippen molar-refractivity contribution in [1.29, 1.82) is 0 Å². The highest BCUT2D eigenvalue weighted by atomic mass is 32.2. The zero-order chi connectivity index (χ0) is 19.2. The minimum absolute atomic E-state index is 0.175. The molecule has 1 N–H and O–H groups in total. The Morgan fingerprint density at radius 3 is 2.74 bits per heavy atom. The SMILES string of the molecule is COc1ccc(NC(=O)CSc2nnc(-c3ccccn3)n2C)c(OC)c1. The summed E-state index contributed by atoms with van der Waals surface area (Å²) in [6, 6.07) is 10.8. The Balaban J connectivity index is 1.64. The van der Waals surface area contributed by atoms with E-state index in [1.54, 1.807) is 31.5 Å². The van der Waals surface area contributed by atoms with E-state index in [-0.39, 0.29) is 11.7 Å². The standard InChI is InChI=1S/C18H19N5O3S/c1-23-17(14-6-4-5-9-19-14)21-22-18(23)27-11-16(24)20-13-8-7-12(25-2)10-15(13)26-3/h4-10H,11H2,1-3H3,(H,20,24). The van der Waals surface area contributed by atoms with E-state index < -0.39 is 0 Å². The van der Waals surface area contributed by atoms with Crippen molar-refractivity contribution < 1.29 is 14.3 Å². The molecule has 0 spiro atoms. The third-order valence-electron chi connectivity index (χ3n) is 3.74. The van der Waals surface area contributed by atoms with Crippen LogP contribution in [0.15, 0.2) is 47.8 Å². The second kappa shape index (κ2) is 8.54. The van der Waals surface area contributed by atoms with Gasteiger partial charge in [-0.3, -0.25) is 9.78 Å². The molecule has 0 aliphatic heterocycles. The van der Waals surface area contributed by atoms with Crippen molar-refractivity contribution in [2.75, 3.05) is 25.3 Å². The van der Waals surface area contributed by atoms with Crippen LogP contribution in [0.4, 0.5) is 5.69 Å². The lowest BCUT2D eigenvalue weighted by molar-refractivity contribution is -0.113. The first-order valence-electron chi connectivity index (χ1n) is 8.08. The smallest absolute Gasteiger partial charge is 0.234 e. The van der Waals surface area contributed by atoms with Crippen LogP contribution in [0.5, 0.6) is 11.5 Å². The number of methoxy groups -OCH3 is 2. The quantitative estimate of drug-likeness (QED) is 0.625. The molecule has 9 heteroatoms. The maximum absolute atomic E-state index is 12.3. The summed E-state index contributed by atoms with van der Waals surface area (Å²) in [7, 11) is 4.96. The molecule has 0 aliphatic rings. The minimum atomic E-state index is -0.175. The van der Waals surface area contributed by atoms with Crippen molar-refractivity contribution in [3.8, 4) is 23.0 Å². The molecule has 2 aromatic heterocycles. The molecule has 2 heterocycles. The molecule has 0 bridgehead atoms. The van der Waals surface area contributed by atoms with Crippen LogP contribution in [-0.2, 0) is 11.8 Å². The number of carbonyl (C=O) groups excluding carboxylic acids is 1. The van der Waals surface area contributed by atoms with Crippen molar-refractivity contribution in [2.24, 2.45) is 7.05 Å². The molecule has 0 saturated carbocycles. The lowest BCUT2D eigenvalue weighted by Gasteiger charge is -2.11. The summed E-state index contributed by atoms with van der Waals surface area (Å²) in [5, 5.41) is 11.8. The van der Waals surface area contributed by atoms with Gasteiger partial charge in [-0.1, -0.05) is 17.8 Å². The summed E-state index contributed by atoms with van der Waals surface area (Å²) in [6.07, 6.45) is 1.70. The molecule has 0 fully saturated rings. The Hall–Kier alpha value is -3.07. The van der Waals surface area contributed by atoms with Gasteiger partial charge in [0.05, 0.1) is 25.7 Å². The molecule has 1 aromatic carbocycles. The number of thioether (sulfide) groups is 1. The van der Waals surface area contributed by atoms with Crippen LogP contribution in [0, 0.1) is 0 Å². The zero-order valence-electron chi connectivity index (χ0n) is 15.2. The fraction of sp³-hybridized carbons (Fsp3) is 0.222. The summed E-state index contributed by atoms with van der Waals surface area (Å²) < 4.78 is 12.3. The first-order chi connectivity index (χ1) is 13.1. The summed E-state index contributed by atoms with van der Waals surface area (Å²) >= 11 is 1.30. The molecule has 0 radical (unpaired) electrons. The van der Waals surface area contributed by atoms with Crippen molar-refractivity contribution in [3.63, 3.8) is 0 Å². The molecule has 3 rings (SSSR count). The molecule has 27 heavy (non-hydrogen) atoms. The lowest BCUT2D eigenvalue weighted by Crippen LogP contribution is -2.15. The van der Waals surface area contributed by atoms with Crippen LogP contribution in [-0.4, -0.2) is 45.6 Å². The Morgan fingerprint density at radius 1 is 1.19 bits per heavy atom. The number of aromatic nitrogens is 4. The summed E-state index contributed by atoms with van der Waals surface area (Å²) in [6.45, 7) is 0. The number of carbonyl (C=O) groups is 1. The first-order valence-corrected chi connectivity index (χ1v) is 9.06. The van der Waals surface area contributed by atoms with Crippen LogP contribution in [0.25, 0.3) is 11.5 Å². The van der Waals surface area contributed by atoms with E-state index in [1.165, 1.54) is 18.9 Å². The second-order valence-electron chi connectivity index (χ2n) is 5.48. The predicted octanol–water partition coefficient (Wildman–Crippen LogP) is 2.63. The summed E-state index contributed by atoms with van der Waals surface area (Å²) in [4.78, 5) is 16.6. The predicted molar refractivity (Wildman–Crippen MR) is 103 cm³/mol. The van der Waals surface area contributed by atoms with Crippen molar-refractivity contribution >= 4 is 23.4 Å². The topological polar surface area (TPSA) is 91.2 Å². The first kappa shape index (κ1) is 18.7. The lowest BCUT2D eigenvalue weighted by atomic mass is 10.2. The molecular formula is C18H19N5O3S. The van der Waals surface area contributed by atoms with E-state index in [2.05, 4.69) is 20.5 Å². The molecule has 1 amide bonds. The molecule has 0 saturated heterocycles. The number of hydrogen-bond acceptors (Lipinski definition) is 7. The number of benzene rings is 1. The Labute approximate surface area is 160 Å². The fourth-order valence-electron chi connectivity index (χ4n) is 2.38. The van der Waals surface area contributed by atoms with E-state index in [1.807, 2.05) is 29.8 Å². The van der Waals surface area contributed by atoms with Crippen molar-refractivity contribution in [2.45, 2.75) is 5.16 Å².